The second kappa shape index (κ2) is 1.74. The van der Waals surface area contributed by atoms with Gasteiger partial charge in [-0.1, -0.05) is 0 Å². The minimum Gasteiger partial charge on any atom is -0.290 e. The van der Waals surface area contributed by atoms with Gasteiger partial charge in [-0.2, -0.15) is 0 Å². The van der Waals surface area contributed by atoms with Crippen LogP contribution in [0.3, 0.4) is 0 Å². The van der Waals surface area contributed by atoms with Crippen LogP contribution in [0.5, 0.6) is 0 Å². The minimum absolute atomic E-state index is 1.08. The molecule has 0 N–H and O–H groups in total. The van der Waals surface area contributed by atoms with Crippen LogP contribution in [0.15, 0.2) is 12.4 Å². The molecule has 1 aliphatic rings. The van der Waals surface area contributed by atoms with Gasteiger partial charge in [0.2, 0.25) is 0 Å². The minimum atomic E-state index is -3.67. The Hall–Kier alpha value is -0.500. The molecule has 0 aromatic carbocycles. The molecule has 0 aromatic heterocycles. The van der Waals surface area contributed by atoms with Crippen LogP contribution in [0.25, 0.3) is 0 Å². The summed E-state index contributed by atoms with van der Waals surface area (Å²) < 4.78 is 25.7. The number of hydrogen-bond donors (Lipinski definition) is 0. The molecule has 0 aromatic rings. The Morgan fingerprint density at radius 2 is 1.67 bits per heavy atom. The fraction of sp³-hybridized carbons (Fsp3) is 0.500. The standard InChI is InChI=1S/C4H8FN2OP/c1-6-3-4-7(2)9(6,5)8/h3-4H,1-2H3. The lowest BCUT2D eigenvalue weighted by atomic mass is 10.9. The van der Waals surface area contributed by atoms with Crippen LogP contribution in [-0.2, 0) is 4.57 Å². The Balaban J connectivity index is 2.89. The molecule has 0 bridgehead atoms. The molecule has 0 unspecified atom stereocenters. The van der Waals surface area contributed by atoms with E-state index in [1.165, 1.54) is 26.5 Å². The molecule has 0 saturated heterocycles. The van der Waals surface area contributed by atoms with Gasteiger partial charge in [0.05, 0.1) is 0 Å². The quantitative estimate of drug-likeness (QED) is 0.488. The van der Waals surface area contributed by atoms with Gasteiger partial charge in [0, 0.05) is 26.5 Å². The molecule has 5 heteroatoms. The van der Waals surface area contributed by atoms with Gasteiger partial charge in [0.25, 0.3) is 0 Å². The van der Waals surface area contributed by atoms with E-state index < -0.39 is 7.75 Å². The molecule has 1 heterocycles. The van der Waals surface area contributed by atoms with Crippen molar-refractivity contribution in [3.8, 4) is 0 Å². The maximum atomic E-state index is 12.7. The van der Waals surface area contributed by atoms with Crippen molar-refractivity contribution in [2.75, 3.05) is 14.1 Å². The topological polar surface area (TPSA) is 23.6 Å². The molecule has 0 amide bonds. The van der Waals surface area contributed by atoms with Crippen molar-refractivity contribution < 1.29 is 8.76 Å². The van der Waals surface area contributed by atoms with E-state index in [0.29, 0.717) is 0 Å². The first-order chi connectivity index (χ1) is 4.05. The number of nitrogens with zero attached hydrogens (tertiary/aromatic N) is 2. The molecule has 1 aliphatic heterocycles. The summed E-state index contributed by atoms with van der Waals surface area (Å²) in [5.74, 6) is 0. The highest BCUT2D eigenvalue weighted by molar-refractivity contribution is 7.54. The molecule has 0 saturated carbocycles. The summed E-state index contributed by atoms with van der Waals surface area (Å²) in [6.07, 6.45) is 2.89. The Labute approximate surface area is 53.3 Å². The van der Waals surface area contributed by atoms with E-state index in [-0.39, 0.29) is 0 Å². The van der Waals surface area contributed by atoms with Gasteiger partial charge >= 0.3 is 7.75 Å². The second-order valence-electron chi connectivity index (χ2n) is 1.92. The lowest BCUT2D eigenvalue weighted by Gasteiger charge is -2.17. The summed E-state index contributed by atoms with van der Waals surface area (Å²) in [5, 5.41) is 0. The third-order valence-corrected chi connectivity index (χ3v) is 3.10. The van der Waals surface area contributed by atoms with Gasteiger partial charge in [-0.05, 0) is 0 Å². The summed E-state index contributed by atoms with van der Waals surface area (Å²) >= 11 is 0. The maximum Gasteiger partial charge on any atom is 0.432 e. The molecule has 9 heavy (non-hydrogen) atoms. The van der Waals surface area contributed by atoms with E-state index in [9.17, 15) is 8.76 Å². The molecule has 0 aliphatic carbocycles. The van der Waals surface area contributed by atoms with Gasteiger partial charge in [-0.25, -0.2) is 4.57 Å². The highest BCUT2D eigenvalue weighted by atomic mass is 31.2. The third kappa shape index (κ3) is 0.833. The van der Waals surface area contributed by atoms with E-state index in [2.05, 4.69) is 0 Å². The van der Waals surface area contributed by atoms with Crippen LogP contribution in [-0.4, -0.2) is 23.4 Å². The Kier molecular flexibility index (Phi) is 1.28. The lowest BCUT2D eigenvalue weighted by molar-refractivity contribution is 0.448. The van der Waals surface area contributed by atoms with Gasteiger partial charge in [0.1, 0.15) is 0 Å². The zero-order chi connectivity index (χ0) is 7.07. The molecule has 3 nitrogen and oxygen atoms in total. The molecule has 1 rings (SSSR count). The summed E-state index contributed by atoms with van der Waals surface area (Å²) in [4.78, 5) is 0. The van der Waals surface area contributed by atoms with Crippen molar-refractivity contribution in [2.24, 2.45) is 0 Å². The van der Waals surface area contributed by atoms with Crippen LogP contribution in [0.4, 0.5) is 4.20 Å². The van der Waals surface area contributed by atoms with Crippen molar-refractivity contribution in [2.45, 2.75) is 0 Å². The predicted molar refractivity (Wildman–Crippen MR) is 33.4 cm³/mol. The smallest absolute Gasteiger partial charge is 0.290 e. The lowest BCUT2D eigenvalue weighted by Crippen LogP contribution is -2.07. The van der Waals surface area contributed by atoms with Gasteiger partial charge in [0.15, 0.2) is 0 Å². The van der Waals surface area contributed by atoms with E-state index >= 15 is 0 Å². The van der Waals surface area contributed by atoms with Crippen molar-refractivity contribution in [3.05, 3.63) is 12.4 Å². The normalized spacial score (nSPS) is 23.4. The number of halogens is 1. The van der Waals surface area contributed by atoms with Crippen LogP contribution in [0.2, 0.25) is 0 Å². The monoisotopic (exact) mass is 150 g/mol. The summed E-state index contributed by atoms with van der Waals surface area (Å²) in [6, 6.07) is 0. The van der Waals surface area contributed by atoms with Crippen molar-refractivity contribution in [1.29, 1.82) is 0 Å². The van der Waals surface area contributed by atoms with Crippen LogP contribution < -0.4 is 0 Å². The van der Waals surface area contributed by atoms with Crippen LogP contribution in [0, 0.1) is 0 Å². The van der Waals surface area contributed by atoms with Gasteiger partial charge < -0.3 is 0 Å². The first-order valence-corrected chi connectivity index (χ1v) is 4.00. The summed E-state index contributed by atoms with van der Waals surface area (Å²) in [5.41, 5.74) is 0. The zero-order valence-corrected chi connectivity index (χ0v) is 6.18. The first-order valence-electron chi connectivity index (χ1n) is 2.50. The van der Waals surface area contributed by atoms with E-state index in [1.807, 2.05) is 0 Å². The average molecular weight is 150 g/mol. The molecule has 0 spiro atoms. The molecular weight excluding hydrogens is 142 g/mol. The van der Waals surface area contributed by atoms with Gasteiger partial charge in [-0.15, -0.1) is 4.20 Å². The van der Waals surface area contributed by atoms with Gasteiger partial charge in [-0.3, -0.25) is 9.34 Å². The Bertz CT molecular complexity index is 177. The first kappa shape index (κ1) is 6.62. The summed E-state index contributed by atoms with van der Waals surface area (Å²) in [6.45, 7) is 0. The highest BCUT2D eigenvalue weighted by Crippen LogP contribution is 2.56. The Morgan fingerprint density at radius 3 is 1.78 bits per heavy atom. The predicted octanol–water partition coefficient (Wildman–Crippen LogP) is 1.41. The fourth-order valence-electron chi connectivity index (χ4n) is 0.580. The van der Waals surface area contributed by atoms with Crippen molar-refractivity contribution in [3.63, 3.8) is 0 Å². The molecule has 52 valence electrons. The molecule has 0 radical (unpaired) electrons. The average Bonchev–Trinajstić information content (AvgIpc) is 1.96. The maximum absolute atomic E-state index is 12.7. The SMILES string of the molecule is CN1C=CN(C)P1(=O)F. The Morgan fingerprint density at radius 1 is 1.33 bits per heavy atom. The van der Waals surface area contributed by atoms with Crippen molar-refractivity contribution >= 4 is 7.75 Å². The highest BCUT2D eigenvalue weighted by Gasteiger charge is 2.33. The van der Waals surface area contributed by atoms with Crippen LogP contribution >= 0.6 is 7.75 Å². The molecule has 0 atom stereocenters. The summed E-state index contributed by atoms with van der Waals surface area (Å²) in [7, 11) is -0.779. The molecule has 0 fully saturated rings. The van der Waals surface area contributed by atoms with Crippen molar-refractivity contribution in [1.82, 2.24) is 9.34 Å². The fourth-order valence-corrected chi connectivity index (χ4v) is 1.47. The van der Waals surface area contributed by atoms with E-state index in [0.717, 1.165) is 9.34 Å². The molecular formula is C4H8FN2OP. The zero-order valence-electron chi connectivity index (χ0n) is 5.28. The third-order valence-electron chi connectivity index (χ3n) is 1.28. The number of rotatable bonds is 0. The second-order valence-corrected chi connectivity index (χ2v) is 4.13. The van der Waals surface area contributed by atoms with E-state index in [1.54, 1.807) is 0 Å². The van der Waals surface area contributed by atoms with E-state index in [4.69, 9.17) is 0 Å². The number of hydrogen-bond acceptors (Lipinski definition) is 1. The van der Waals surface area contributed by atoms with Crippen LogP contribution in [0.1, 0.15) is 0 Å². The largest absolute Gasteiger partial charge is 0.432 e.